The lowest BCUT2D eigenvalue weighted by Crippen LogP contribution is -2.56. The molecule has 4 fully saturated rings. The minimum Gasteiger partial charge on any atom is -0.508 e. The van der Waals surface area contributed by atoms with Crippen LogP contribution >= 0.6 is 0 Å². The monoisotopic (exact) mass is 763 g/mol. The molecule has 3 aromatic heterocycles. The third kappa shape index (κ3) is 6.05. The van der Waals surface area contributed by atoms with Crippen molar-refractivity contribution in [3.63, 3.8) is 0 Å². The summed E-state index contributed by atoms with van der Waals surface area (Å²) in [7, 11) is 0. The van der Waals surface area contributed by atoms with Gasteiger partial charge in [0.05, 0.1) is 34.3 Å². The van der Waals surface area contributed by atoms with Gasteiger partial charge in [0.25, 0.3) is 5.91 Å². The van der Waals surface area contributed by atoms with E-state index in [0.29, 0.717) is 48.4 Å². The second kappa shape index (κ2) is 13.7. The topological polar surface area (TPSA) is 108 Å². The Morgan fingerprint density at radius 1 is 1.11 bits per heavy atom. The first kappa shape index (κ1) is 35.9. The van der Waals surface area contributed by atoms with Crippen molar-refractivity contribution in [2.24, 2.45) is 0 Å². The second-order valence-corrected chi connectivity index (χ2v) is 15.2. The van der Waals surface area contributed by atoms with Crippen molar-refractivity contribution in [1.29, 1.82) is 0 Å². The minimum atomic E-state index is -0.991. The molecule has 56 heavy (non-hydrogen) atoms. The number of phenols is 1. The molecule has 5 aromatic rings. The van der Waals surface area contributed by atoms with Gasteiger partial charge in [-0.2, -0.15) is 9.97 Å². The number of alkyl halides is 1. The smallest absolute Gasteiger partial charge is 0.319 e. The van der Waals surface area contributed by atoms with Crippen LogP contribution in [0.1, 0.15) is 49.1 Å². The predicted octanol–water partition coefficient (Wildman–Crippen LogP) is 6.66. The van der Waals surface area contributed by atoms with Gasteiger partial charge in [-0.3, -0.25) is 19.7 Å². The molecule has 2 aromatic carbocycles. The zero-order valence-corrected chi connectivity index (χ0v) is 30.5. The number of piperazine rings is 1. The summed E-state index contributed by atoms with van der Waals surface area (Å²) in [5.41, 5.74) is 0.0827. The maximum atomic E-state index is 17.1. The van der Waals surface area contributed by atoms with Crippen LogP contribution in [0.15, 0.2) is 54.5 Å². The first-order chi connectivity index (χ1) is 27.0. The number of rotatable bonds is 7. The Labute approximate surface area is 319 Å². The predicted molar refractivity (Wildman–Crippen MR) is 202 cm³/mol. The second-order valence-electron chi connectivity index (χ2n) is 15.2. The molecule has 1 amide bonds. The maximum Gasteiger partial charge on any atom is 0.319 e. The molecular weight excluding hydrogens is 726 g/mol. The fourth-order valence-electron chi connectivity index (χ4n) is 9.28. The van der Waals surface area contributed by atoms with Crippen LogP contribution in [0.4, 0.5) is 23.4 Å². The first-order valence-electron chi connectivity index (χ1n) is 18.7. The molecule has 1 N–H and O–H groups in total. The molecule has 2 bridgehead atoms. The van der Waals surface area contributed by atoms with E-state index >= 15 is 8.78 Å². The SMILES string of the molecule is C#Cc1c(F)ccc2cc(O)cc(-c3ncc4c(N5CC6CCC(C5)N6C(=O)/C(F)=C/c5cccc(C)n5)nc(OC[C@@]56CCCN5C[C@H](F)C6)nc4c3F)c12. The average molecular weight is 764 g/mol. The van der Waals surface area contributed by atoms with E-state index in [2.05, 4.69) is 25.8 Å². The molecule has 0 aliphatic carbocycles. The van der Waals surface area contributed by atoms with Crippen molar-refractivity contribution < 1.29 is 32.2 Å². The highest BCUT2D eigenvalue weighted by atomic mass is 19.1. The van der Waals surface area contributed by atoms with E-state index in [0.717, 1.165) is 25.5 Å². The zero-order chi connectivity index (χ0) is 38.9. The molecule has 7 heterocycles. The highest BCUT2D eigenvalue weighted by Gasteiger charge is 2.50. The van der Waals surface area contributed by atoms with E-state index in [1.165, 1.54) is 30.5 Å². The van der Waals surface area contributed by atoms with Crippen LogP contribution in [0.3, 0.4) is 0 Å². The number of aryl methyl sites for hydroxylation is 1. The first-order valence-corrected chi connectivity index (χ1v) is 18.7. The number of anilines is 1. The van der Waals surface area contributed by atoms with Gasteiger partial charge in [-0.05, 0) is 74.9 Å². The van der Waals surface area contributed by atoms with Gasteiger partial charge in [0.1, 0.15) is 41.4 Å². The Hall–Kier alpha value is -5.81. The fraction of sp³-hybridized carbons (Fsp3) is 0.357. The Morgan fingerprint density at radius 3 is 2.68 bits per heavy atom. The van der Waals surface area contributed by atoms with Crippen LogP contribution < -0.4 is 9.64 Å². The molecule has 0 saturated carbocycles. The van der Waals surface area contributed by atoms with Crippen molar-refractivity contribution in [1.82, 2.24) is 29.7 Å². The molecule has 4 atom stereocenters. The number of aromatic nitrogens is 4. The van der Waals surface area contributed by atoms with Gasteiger partial charge >= 0.3 is 6.01 Å². The molecule has 9 rings (SSSR count). The summed E-state index contributed by atoms with van der Waals surface area (Å²) >= 11 is 0. The molecule has 2 unspecified atom stereocenters. The number of carbonyl (C=O) groups excluding carboxylic acids is 1. The number of terminal acetylenes is 1. The number of hydrogen-bond acceptors (Lipinski definition) is 9. The number of aromatic hydroxyl groups is 1. The molecule has 4 aliphatic heterocycles. The highest BCUT2D eigenvalue weighted by molar-refractivity contribution is 6.03. The Bertz CT molecular complexity index is 2500. The Morgan fingerprint density at radius 2 is 1.91 bits per heavy atom. The molecule has 4 saturated heterocycles. The quantitative estimate of drug-likeness (QED) is 0.111. The van der Waals surface area contributed by atoms with Gasteiger partial charge in [0.15, 0.2) is 11.6 Å². The number of ether oxygens (including phenoxy) is 1. The number of pyridine rings is 2. The number of benzene rings is 2. The normalized spacial score (nSPS) is 23.6. The molecule has 0 spiro atoms. The van der Waals surface area contributed by atoms with E-state index in [9.17, 15) is 18.7 Å². The largest absolute Gasteiger partial charge is 0.508 e. The van der Waals surface area contributed by atoms with E-state index in [1.807, 2.05) is 4.90 Å². The van der Waals surface area contributed by atoms with Crippen LogP contribution in [0.25, 0.3) is 39.0 Å². The zero-order valence-electron chi connectivity index (χ0n) is 30.5. The number of nitrogens with zero attached hydrogens (tertiary/aromatic N) is 7. The molecule has 14 heteroatoms. The van der Waals surface area contributed by atoms with Crippen molar-refractivity contribution in [3.05, 3.63) is 83.1 Å². The lowest BCUT2D eigenvalue weighted by molar-refractivity contribution is -0.131. The number of halogens is 4. The summed E-state index contributed by atoms with van der Waals surface area (Å²) < 4.78 is 68.4. The van der Waals surface area contributed by atoms with Crippen LogP contribution in [0.5, 0.6) is 11.8 Å². The molecule has 0 radical (unpaired) electrons. The summed E-state index contributed by atoms with van der Waals surface area (Å²) in [5, 5.41) is 11.5. The van der Waals surface area contributed by atoms with E-state index < -0.39 is 35.1 Å². The summed E-state index contributed by atoms with van der Waals surface area (Å²) in [5.74, 6) is -0.757. The Balaban J connectivity index is 1.11. The standard InChI is InChI=1S/C42H37F4N7O3/c1-3-30-33(44)11-8-24-14-29(54)16-31(35(24)30)37-36(46)38-32(18-47-37)39(50-41(49-38)56-22-42-12-5-13-52(42)19-25(43)17-42)51-20-27-9-10-28(21-51)53(27)40(55)34(45)15-26-7-4-6-23(2)48-26/h1,4,6-8,11,14-16,18,25,27-28,54H,5,9-10,12-13,17,19-22H2,2H3/b34-15-/t25-,27?,28?,42+/m1/s1. The van der Waals surface area contributed by atoms with Crippen molar-refractivity contribution in [2.75, 3.05) is 37.7 Å². The number of fused-ring (bicyclic) bond motifs is 5. The lowest BCUT2D eigenvalue weighted by Gasteiger charge is -2.41. The van der Waals surface area contributed by atoms with Crippen molar-refractivity contribution in [3.8, 4) is 35.4 Å². The van der Waals surface area contributed by atoms with Gasteiger partial charge in [0, 0.05) is 55.0 Å². The van der Waals surface area contributed by atoms with Gasteiger partial charge < -0.3 is 19.6 Å². The van der Waals surface area contributed by atoms with Crippen molar-refractivity contribution in [2.45, 2.75) is 62.8 Å². The molecule has 4 aliphatic rings. The summed E-state index contributed by atoms with van der Waals surface area (Å²) in [4.78, 5) is 37.2. The van der Waals surface area contributed by atoms with E-state index in [1.54, 1.807) is 30.0 Å². The summed E-state index contributed by atoms with van der Waals surface area (Å²) in [6.45, 7) is 3.46. The van der Waals surface area contributed by atoms with Gasteiger partial charge in [-0.1, -0.05) is 18.1 Å². The third-order valence-corrected chi connectivity index (χ3v) is 11.7. The number of hydrogen-bond donors (Lipinski definition) is 1. The molecule has 10 nitrogen and oxygen atoms in total. The van der Waals surface area contributed by atoms with Crippen LogP contribution in [0, 0.1) is 30.9 Å². The van der Waals surface area contributed by atoms with Gasteiger partial charge in [0.2, 0.25) is 0 Å². The van der Waals surface area contributed by atoms with Crippen LogP contribution in [0.2, 0.25) is 0 Å². The Kier molecular flexibility index (Phi) is 8.80. The third-order valence-electron chi connectivity index (χ3n) is 11.7. The average Bonchev–Trinajstić information content (AvgIpc) is 3.79. The highest BCUT2D eigenvalue weighted by Crippen LogP contribution is 2.43. The number of amides is 1. The summed E-state index contributed by atoms with van der Waals surface area (Å²) in [6.07, 6.45) is 10.4. The van der Waals surface area contributed by atoms with Crippen LogP contribution in [-0.4, -0.2) is 97.3 Å². The maximum absolute atomic E-state index is 17.1. The number of carbonyl (C=O) groups is 1. The van der Waals surface area contributed by atoms with Crippen molar-refractivity contribution >= 4 is 39.5 Å². The van der Waals surface area contributed by atoms with Gasteiger partial charge in [-0.15, -0.1) is 6.42 Å². The minimum absolute atomic E-state index is 0.0658. The fourth-order valence-corrected chi connectivity index (χ4v) is 9.28. The van der Waals surface area contributed by atoms with E-state index in [-0.39, 0.29) is 76.7 Å². The molecular formula is C42H37F4N7O3. The molecule has 286 valence electrons. The lowest BCUT2D eigenvalue weighted by atomic mass is 9.95. The van der Waals surface area contributed by atoms with Crippen LogP contribution in [-0.2, 0) is 4.79 Å². The number of phenolic OH excluding ortho intramolecular Hbond substituents is 1. The van der Waals surface area contributed by atoms with E-state index in [4.69, 9.17) is 16.1 Å². The van der Waals surface area contributed by atoms with Gasteiger partial charge in [-0.25, -0.2) is 17.6 Å². The summed E-state index contributed by atoms with van der Waals surface area (Å²) in [6, 6.07) is 9.58.